The predicted octanol–water partition coefficient (Wildman–Crippen LogP) is 1.35. The van der Waals surface area contributed by atoms with E-state index in [1.54, 1.807) is 0 Å². The molecule has 0 bridgehead atoms. The van der Waals surface area contributed by atoms with Crippen LogP contribution in [0.3, 0.4) is 0 Å². The molecule has 1 aliphatic rings. The molecule has 0 radical (unpaired) electrons. The van der Waals surface area contributed by atoms with Gasteiger partial charge in [0.2, 0.25) is 11.7 Å². The molecule has 0 saturated carbocycles. The van der Waals surface area contributed by atoms with Crippen LogP contribution in [0.5, 0.6) is 5.88 Å². The minimum atomic E-state index is -4.57. The van der Waals surface area contributed by atoms with Crippen molar-refractivity contribution in [2.24, 2.45) is 0 Å². The van der Waals surface area contributed by atoms with E-state index in [0.29, 0.717) is 4.90 Å². The third-order valence-electron chi connectivity index (χ3n) is 3.54. The van der Waals surface area contributed by atoms with Crippen LogP contribution in [-0.2, 0) is 4.79 Å². The minimum Gasteiger partial charge on any atom is -0.479 e. The lowest BCUT2D eigenvalue weighted by molar-refractivity contribution is -0.184. The van der Waals surface area contributed by atoms with Gasteiger partial charge in [0.1, 0.15) is 6.04 Å². The molecule has 2 rings (SSSR count). The van der Waals surface area contributed by atoms with Crippen molar-refractivity contribution in [3.05, 3.63) is 11.8 Å². The number of hydrogen-bond donors (Lipinski definition) is 1. The van der Waals surface area contributed by atoms with E-state index in [0.717, 1.165) is 6.07 Å². The average Bonchev–Trinajstić information content (AvgIpc) is 2.93. The summed E-state index contributed by atoms with van der Waals surface area (Å²) < 4.78 is 49.0. The van der Waals surface area contributed by atoms with Gasteiger partial charge in [-0.05, 0) is 18.0 Å². The van der Waals surface area contributed by atoms with Crippen LogP contribution in [0.1, 0.15) is 30.3 Å². The molecule has 2 amide bonds. The van der Waals surface area contributed by atoms with Crippen LogP contribution in [-0.4, -0.2) is 53.8 Å². The fourth-order valence-electron chi connectivity index (χ4n) is 2.54. The van der Waals surface area contributed by atoms with Gasteiger partial charge < -0.3 is 19.5 Å². The fraction of sp³-hybridized carbons (Fsp3) is 0.615. The first-order valence-electron chi connectivity index (χ1n) is 6.88. The third kappa shape index (κ3) is 3.93. The molecule has 2 heterocycles. The topological polar surface area (TPSA) is 84.7 Å². The Labute approximate surface area is 129 Å². The highest BCUT2D eigenvalue weighted by molar-refractivity contribution is 5.92. The molecule has 1 N–H and O–H groups in total. The number of nitrogens with one attached hydrogen (secondary N) is 1. The van der Waals surface area contributed by atoms with Gasteiger partial charge in [-0.15, -0.1) is 0 Å². The number of amides is 2. The van der Waals surface area contributed by atoms with Crippen molar-refractivity contribution in [3.63, 3.8) is 0 Å². The number of piperidine rings is 1. The van der Waals surface area contributed by atoms with E-state index in [4.69, 9.17) is 9.26 Å². The lowest BCUT2D eigenvalue weighted by atomic mass is 9.97. The number of carbonyl (C=O) groups is 2. The molecular weight excluding hydrogens is 319 g/mol. The number of methoxy groups -OCH3 is 1. The Bertz CT molecular complexity index is 587. The van der Waals surface area contributed by atoms with E-state index in [1.165, 1.54) is 14.0 Å². The van der Waals surface area contributed by atoms with Crippen molar-refractivity contribution < 1.29 is 32.0 Å². The summed E-state index contributed by atoms with van der Waals surface area (Å²) in [6.45, 7) is 1.01. The van der Waals surface area contributed by atoms with Crippen LogP contribution in [0.15, 0.2) is 10.6 Å². The van der Waals surface area contributed by atoms with E-state index < -0.39 is 24.2 Å². The number of ether oxygens (including phenoxy) is 1. The number of alkyl halides is 3. The minimum absolute atomic E-state index is 0.00710. The molecule has 1 aliphatic heterocycles. The second kappa shape index (κ2) is 6.47. The van der Waals surface area contributed by atoms with Gasteiger partial charge in [0, 0.05) is 19.5 Å². The zero-order chi connectivity index (χ0) is 17.2. The Kier molecular flexibility index (Phi) is 4.81. The van der Waals surface area contributed by atoms with Gasteiger partial charge in [-0.1, -0.05) is 0 Å². The highest BCUT2D eigenvalue weighted by atomic mass is 19.4. The van der Waals surface area contributed by atoms with E-state index >= 15 is 0 Å². The lowest BCUT2D eigenvalue weighted by Crippen LogP contribution is -2.58. The zero-order valence-corrected chi connectivity index (χ0v) is 12.5. The Hall–Kier alpha value is -2.26. The standard InChI is InChI=1S/C13H16F3N3O4/c1-7(20)17-8-3-4-10(13(14,15)16)19(6-8)12(21)9-5-11(22-2)18-23-9/h5,8,10H,3-4,6H2,1-2H3,(H,17,20)/t8-,10+/m1/s1. The average molecular weight is 335 g/mol. The molecule has 0 spiro atoms. The van der Waals surface area contributed by atoms with E-state index in [-0.39, 0.29) is 36.9 Å². The van der Waals surface area contributed by atoms with Crippen molar-refractivity contribution in [2.45, 2.75) is 38.0 Å². The Morgan fingerprint density at radius 2 is 2.13 bits per heavy atom. The molecule has 128 valence electrons. The van der Waals surface area contributed by atoms with Crippen molar-refractivity contribution in [1.29, 1.82) is 0 Å². The molecule has 1 aromatic rings. The lowest BCUT2D eigenvalue weighted by Gasteiger charge is -2.39. The van der Waals surface area contributed by atoms with Crippen LogP contribution < -0.4 is 10.1 Å². The first-order valence-corrected chi connectivity index (χ1v) is 6.88. The molecule has 1 fully saturated rings. The first kappa shape index (κ1) is 17.1. The smallest absolute Gasteiger partial charge is 0.408 e. The number of likely N-dealkylation sites (tertiary alicyclic amines) is 1. The summed E-state index contributed by atoms with van der Waals surface area (Å²) in [5.74, 6) is -1.67. The summed E-state index contributed by atoms with van der Waals surface area (Å²) in [7, 11) is 1.29. The second-order valence-corrected chi connectivity index (χ2v) is 5.22. The van der Waals surface area contributed by atoms with E-state index in [1.807, 2.05) is 0 Å². The zero-order valence-electron chi connectivity index (χ0n) is 12.5. The molecule has 0 aliphatic carbocycles. The van der Waals surface area contributed by atoms with Gasteiger partial charge in [0.05, 0.1) is 13.2 Å². The van der Waals surface area contributed by atoms with Crippen LogP contribution in [0.25, 0.3) is 0 Å². The number of rotatable bonds is 3. The van der Waals surface area contributed by atoms with Gasteiger partial charge in [-0.3, -0.25) is 9.59 Å². The van der Waals surface area contributed by atoms with Gasteiger partial charge in [0.25, 0.3) is 11.8 Å². The number of hydrogen-bond acceptors (Lipinski definition) is 5. The SMILES string of the molecule is COc1cc(C(=O)N2C[C@H](NC(C)=O)CC[C@H]2C(F)(F)F)on1. The summed E-state index contributed by atoms with van der Waals surface area (Å²) in [6, 6.07) is -1.35. The highest BCUT2D eigenvalue weighted by Gasteiger charge is 2.48. The Morgan fingerprint density at radius 1 is 1.43 bits per heavy atom. The van der Waals surface area contributed by atoms with Crippen molar-refractivity contribution in [2.75, 3.05) is 13.7 Å². The van der Waals surface area contributed by atoms with Crippen molar-refractivity contribution in [3.8, 4) is 5.88 Å². The second-order valence-electron chi connectivity index (χ2n) is 5.22. The maximum Gasteiger partial charge on any atom is 0.408 e. The van der Waals surface area contributed by atoms with Crippen LogP contribution in [0.4, 0.5) is 13.2 Å². The van der Waals surface area contributed by atoms with Gasteiger partial charge in [-0.25, -0.2) is 0 Å². The Balaban J connectivity index is 2.23. The summed E-state index contributed by atoms with van der Waals surface area (Å²) in [5.41, 5.74) is 0. The molecule has 2 atom stereocenters. The Morgan fingerprint density at radius 3 is 2.65 bits per heavy atom. The summed E-state index contributed by atoms with van der Waals surface area (Å²) in [4.78, 5) is 24.1. The molecule has 0 aromatic carbocycles. The molecule has 7 nitrogen and oxygen atoms in total. The molecule has 1 saturated heterocycles. The van der Waals surface area contributed by atoms with Gasteiger partial charge in [-0.2, -0.15) is 13.2 Å². The molecular formula is C13H16F3N3O4. The highest BCUT2D eigenvalue weighted by Crippen LogP contribution is 2.33. The molecule has 1 aromatic heterocycles. The number of carbonyl (C=O) groups excluding carboxylic acids is 2. The molecule has 23 heavy (non-hydrogen) atoms. The third-order valence-corrected chi connectivity index (χ3v) is 3.54. The van der Waals surface area contributed by atoms with Gasteiger partial charge >= 0.3 is 6.18 Å². The molecule has 10 heteroatoms. The van der Waals surface area contributed by atoms with Crippen molar-refractivity contribution >= 4 is 11.8 Å². The predicted molar refractivity (Wildman–Crippen MR) is 70.8 cm³/mol. The first-order chi connectivity index (χ1) is 10.7. The normalized spacial score (nSPS) is 21.9. The van der Waals surface area contributed by atoms with E-state index in [2.05, 4.69) is 10.5 Å². The van der Waals surface area contributed by atoms with Crippen molar-refractivity contribution in [1.82, 2.24) is 15.4 Å². The maximum atomic E-state index is 13.2. The van der Waals surface area contributed by atoms with Crippen LogP contribution in [0.2, 0.25) is 0 Å². The largest absolute Gasteiger partial charge is 0.479 e. The van der Waals surface area contributed by atoms with Crippen LogP contribution >= 0.6 is 0 Å². The van der Waals surface area contributed by atoms with E-state index in [9.17, 15) is 22.8 Å². The number of halogens is 3. The van der Waals surface area contributed by atoms with Gasteiger partial charge in [0.15, 0.2) is 0 Å². The monoisotopic (exact) mass is 335 g/mol. The summed E-state index contributed by atoms with van der Waals surface area (Å²) in [6.07, 6.45) is -4.74. The quantitative estimate of drug-likeness (QED) is 0.901. The summed E-state index contributed by atoms with van der Waals surface area (Å²) in [5, 5.41) is 5.94. The maximum absolute atomic E-state index is 13.2. The summed E-state index contributed by atoms with van der Waals surface area (Å²) >= 11 is 0. The number of nitrogens with zero attached hydrogens (tertiary/aromatic N) is 2. The van der Waals surface area contributed by atoms with Crippen LogP contribution in [0, 0.1) is 0 Å². The molecule has 0 unspecified atom stereocenters. The fourth-order valence-corrected chi connectivity index (χ4v) is 2.54. The number of aromatic nitrogens is 1.